The Morgan fingerprint density at radius 1 is 1.00 bits per heavy atom. The van der Waals surface area contributed by atoms with E-state index in [2.05, 4.69) is 27.2 Å². The molecule has 4 rings (SSSR count). The zero-order valence-electron chi connectivity index (χ0n) is 14.0. The summed E-state index contributed by atoms with van der Waals surface area (Å²) in [5.74, 6) is 0.221. The number of nitrogens with one attached hydrogen (secondary N) is 1. The lowest BCUT2D eigenvalue weighted by molar-refractivity contribution is 0.0608. The van der Waals surface area contributed by atoms with Gasteiger partial charge in [-0.05, 0) is 62.0 Å². The number of nitrogens with zero attached hydrogens (tertiary/aromatic N) is 2. The molecule has 1 aromatic carbocycles. The van der Waals surface area contributed by atoms with Gasteiger partial charge in [-0.2, -0.15) is 0 Å². The number of halogens is 2. The molecule has 0 radical (unpaired) electrons. The maximum atomic E-state index is 12.8. The standard InChI is InChI=1S/C18H25N3O.2ClH/c22-18(14-5-6-15-11-19-12-16(15)10-14)21-9-3-4-17(13-21)20-7-1-2-8-20;;/h5-6,10,17,19H,1-4,7-9,11-13H2;2*1H. The Bertz CT molecular complexity index is 575. The number of piperidine rings is 1. The van der Waals surface area contributed by atoms with Gasteiger partial charge in [-0.25, -0.2) is 0 Å². The van der Waals surface area contributed by atoms with E-state index in [0.717, 1.165) is 38.2 Å². The summed E-state index contributed by atoms with van der Waals surface area (Å²) in [5.41, 5.74) is 3.49. The Morgan fingerprint density at radius 3 is 2.54 bits per heavy atom. The van der Waals surface area contributed by atoms with Gasteiger partial charge in [0.1, 0.15) is 0 Å². The fourth-order valence-corrected chi connectivity index (χ4v) is 4.15. The molecule has 1 atom stereocenters. The summed E-state index contributed by atoms with van der Waals surface area (Å²) < 4.78 is 0. The number of rotatable bonds is 2. The minimum atomic E-state index is 0. The lowest BCUT2D eigenvalue weighted by Crippen LogP contribution is -2.49. The van der Waals surface area contributed by atoms with Crippen molar-refractivity contribution in [2.75, 3.05) is 26.2 Å². The molecule has 0 aromatic heterocycles. The average Bonchev–Trinajstić information content (AvgIpc) is 3.25. The van der Waals surface area contributed by atoms with Gasteiger partial charge in [-0.1, -0.05) is 6.07 Å². The lowest BCUT2D eigenvalue weighted by Gasteiger charge is -2.37. The number of likely N-dealkylation sites (tertiary alicyclic amines) is 2. The van der Waals surface area contributed by atoms with Gasteiger partial charge in [0.15, 0.2) is 0 Å². The van der Waals surface area contributed by atoms with Gasteiger partial charge < -0.3 is 10.2 Å². The molecule has 1 aromatic rings. The number of carbonyl (C=O) groups is 1. The van der Waals surface area contributed by atoms with Crippen LogP contribution in [0, 0.1) is 0 Å². The van der Waals surface area contributed by atoms with Crippen LogP contribution in [-0.2, 0) is 13.1 Å². The number of benzene rings is 1. The molecule has 0 bridgehead atoms. The highest BCUT2D eigenvalue weighted by Gasteiger charge is 2.29. The zero-order chi connectivity index (χ0) is 14.9. The molecule has 0 saturated carbocycles. The number of hydrogen-bond donors (Lipinski definition) is 1. The van der Waals surface area contributed by atoms with E-state index in [9.17, 15) is 4.79 Å². The highest BCUT2D eigenvalue weighted by Crippen LogP contribution is 2.23. The molecule has 0 spiro atoms. The summed E-state index contributed by atoms with van der Waals surface area (Å²) in [7, 11) is 0. The van der Waals surface area contributed by atoms with Gasteiger partial charge in [0.25, 0.3) is 5.91 Å². The molecule has 134 valence electrons. The predicted molar refractivity (Wildman–Crippen MR) is 101 cm³/mol. The molecular formula is C18H27Cl2N3O. The van der Waals surface area contributed by atoms with Gasteiger partial charge in [-0.3, -0.25) is 9.69 Å². The van der Waals surface area contributed by atoms with E-state index in [1.807, 2.05) is 6.07 Å². The van der Waals surface area contributed by atoms with Gasteiger partial charge >= 0.3 is 0 Å². The van der Waals surface area contributed by atoms with Gasteiger partial charge in [0.05, 0.1) is 0 Å². The highest BCUT2D eigenvalue weighted by atomic mass is 35.5. The largest absolute Gasteiger partial charge is 0.337 e. The molecule has 2 fully saturated rings. The molecule has 1 amide bonds. The number of hydrogen-bond acceptors (Lipinski definition) is 3. The van der Waals surface area contributed by atoms with E-state index in [4.69, 9.17) is 0 Å². The molecule has 1 N–H and O–H groups in total. The third-order valence-corrected chi connectivity index (χ3v) is 5.42. The van der Waals surface area contributed by atoms with Crippen molar-refractivity contribution in [3.05, 3.63) is 34.9 Å². The van der Waals surface area contributed by atoms with E-state index in [0.29, 0.717) is 6.04 Å². The lowest BCUT2D eigenvalue weighted by atomic mass is 10.0. The van der Waals surface area contributed by atoms with Crippen LogP contribution in [0.5, 0.6) is 0 Å². The van der Waals surface area contributed by atoms with Crippen molar-refractivity contribution in [3.63, 3.8) is 0 Å². The van der Waals surface area contributed by atoms with E-state index < -0.39 is 0 Å². The van der Waals surface area contributed by atoms with Gasteiger partial charge in [-0.15, -0.1) is 24.8 Å². The first-order valence-electron chi connectivity index (χ1n) is 8.67. The average molecular weight is 372 g/mol. The number of amides is 1. The van der Waals surface area contributed by atoms with Crippen molar-refractivity contribution >= 4 is 30.7 Å². The predicted octanol–water partition coefficient (Wildman–Crippen LogP) is 2.83. The second-order valence-electron chi connectivity index (χ2n) is 6.88. The van der Waals surface area contributed by atoms with Gasteiger partial charge in [0, 0.05) is 37.8 Å². The van der Waals surface area contributed by atoms with Crippen LogP contribution in [0.4, 0.5) is 0 Å². The van der Waals surface area contributed by atoms with Crippen LogP contribution in [0.3, 0.4) is 0 Å². The molecule has 3 aliphatic heterocycles. The molecule has 24 heavy (non-hydrogen) atoms. The van der Waals surface area contributed by atoms with Crippen molar-refractivity contribution < 1.29 is 4.79 Å². The molecule has 3 heterocycles. The minimum Gasteiger partial charge on any atom is -0.337 e. The Morgan fingerprint density at radius 2 is 1.75 bits per heavy atom. The fraction of sp³-hybridized carbons (Fsp3) is 0.611. The Hall–Kier alpha value is -0.810. The van der Waals surface area contributed by atoms with Crippen LogP contribution in [0.2, 0.25) is 0 Å². The Balaban J connectivity index is 0.00000104. The zero-order valence-corrected chi connectivity index (χ0v) is 15.6. The first-order valence-corrected chi connectivity index (χ1v) is 8.67. The first-order chi connectivity index (χ1) is 10.8. The topological polar surface area (TPSA) is 35.6 Å². The molecule has 0 aliphatic carbocycles. The van der Waals surface area contributed by atoms with Crippen molar-refractivity contribution in [1.82, 2.24) is 15.1 Å². The van der Waals surface area contributed by atoms with E-state index in [-0.39, 0.29) is 30.7 Å². The molecule has 2 saturated heterocycles. The summed E-state index contributed by atoms with van der Waals surface area (Å²) in [5, 5.41) is 3.35. The second kappa shape index (κ2) is 8.52. The van der Waals surface area contributed by atoms with E-state index >= 15 is 0 Å². The Labute approximate surface area is 156 Å². The highest BCUT2D eigenvalue weighted by molar-refractivity contribution is 5.94. The van der Waals surface area contributed by atoms with Gasteiger partial charge in [0.2, 0.25) is 0 Å². The van der Waals surface area contributed by atoms with Crippen LogP contribution in [-0.4, -0.2) is 47.9 Å². The van der Waals surface area contributed by atoms with Crippen molar-refractivity contribution in [1.29, 1.82) is 0 Å². The third kappa shape index (κ3) is 3.88. The summed E-state index contributed by atoms with van der Waals surface area (Å²) >= 11 is 0. The maximum Gasteiger partial charge on any atom is 0.253 e. The van der Waals surface area contributed by atoms with Crippen LogP contribution < -0.4 is 5.32 Å². The Kier molecular flexibility index (Phi) is 6.93. The van der Waals surface area contributed by atoms with Crippen LogP contribution in [0.1, 0.15) is 47.2 Å². The summed E-state index contributed by atoms with van der Waals surface area (Å²) in [6.07, 6.45) is 5.03. The molecule has 4 nitrogen and oxygen atoms in total. The van der Waals surface area contributed by atoms with E-state index in [1.165, 1.54) is 43.5 Å². The maximum absolute atomic E-state index is 12.8. The summed E-state index contributed by atoms with van der Waals surface area (Å²) in [6.45, 7) is 6.10. The van der Waals surface area contributed by atoms with Crippen molar-refractivity contribution in [3.8, 4) is 0 Å². The van der Waals surface area contributed by atoms with Crippen LogP contribution in [0.25, 0.3) is 0 Å². The smallest absolute Gasteiger partial charge is 0.253 e. The summed E-state index contributed by atoms with van der Waals surface area (Å²) in [4.78, 5) is 17.5. The third-order valence-electron chi connectivity index (χ3n) is 5.42. The van der Waals surface area contributed by atoms with Crippen molar-refractivity contribution in [2.24, 2.45) is 0 Å². The summed E-state index contributed by atoms with van der Waals surface area (Å²) in [6, 6.07) is 6.80. The normalized spacial score (nSPS) is 23.3. The molecule has 6 heteroatoms. The SMILES string of the molecule is Cl.Cl.O=C(c1ccc2c(c1)CNC2)N1CCCC(N2CCCC2)C1. The monoisotopic (exact) mass is 371 g/mol. The quantitative estimate of drug-likeness (QED) is 0.867. The van der Waals surface area contributed by atoms with E-state index in [1.54, 1.807) is 0 Å². The van der Waals surface area contributed by atoms with Crippen LogP contribution in [0.15, 0.2) is 18.2 Å². The molecule has 1 unspecified atom stereocenters. The van der Waals surface area contributed by atoms with Crippen LogP contribution >= 0.6 is 24.8 Å². The molecular weight excluding hydrogens is 345 g/mol. The number of carbonyl (C=O) groups excluding carboxylic acids is 1. The first kappa shape index (κ1) is 19.5. The second-order valence-corrected chi connectivity index (χ2v) is 6.88. The fourth-order valence-electron chi connectivity index (χ4n) is 4.15. The minimum absolute atomic E-state index is 0. The number of fused-ring (bicyclic) bond motifs is 1. The molecule has 3 aliphatic rings. The van der Waals surface area contributed by atoms with Crippen molar-refractivity contribution in [2.45, 2.75) is 44.8 Å².